The van der Waals surface area contributed by atoms with Crippen molar-refractivity contribution in [2.75, 3.05) is 13.6 Å². The molecule has 0 spiro atoms. The van der Waals surface area contributed by atoms with Gasteiger partial charge in [0.25, 0.3) is 5.91 Å². The number of hydrogen-bond donors (Lipinski definition) is 1. The number of carbonyl (C=O) groups is 1. The summed E-state index contributed by atoms with van der Waals surface area (Å²) < 4.78 is 40.3. The Morgan fingerprint density at radius 1 is 1.43 bits per heavy atom. The number of aliphatic hydroxyl groups excluding tert-OH is 1. The molecule has 1 heterocycles. The summed E-state index contributed by atoms with van der Waals surface area (Å²) in [5.74, 6) is -0.755. The summed E-state index contributed by atoms with van der Waals surface area (Å²) in [6, 6.07) is -0.508. The van der Waals surface area contributed by atoms with Crippen molar-refractivity contribution in [1.82, 2.24) is 14.7 Å². The number of hydrogen-bond acceptors (Lipinski definition) is 3. The lowest BCUT2D eigenvalue weighted by Crippen LogP contribution is -2.31. The van der Waals surface area contributed by atoms with E-state index < -0.39 is 35.5 Å². The molecule has 0 radical (unpaired) electrons. The Bertz CT molecular complexity index is 495. The summed E-state index contributed by atoms with van der Waals surface area (Å²) in [5.41, 5.74) is -1.50. The molecule has 1 rings (SSSR count). The predicted molar refractivity (Wildman–Crippen MR) is 70.9 cm³/mol. The maximum absolute atomic E-state index is 13.2. The van der Waals surface area contributed by atoms with E-state index in [1.54, 1.807) is 20.8 Å². The van der Waals surface area contributed by atoms with Crippen LogP contribution in [0.5, 0.6) is 0 Å². The smallest absolute Gasteiger partial charge is 0.393 e. The molecule has 1 amide bonds. The van der Waals surface area contributed by atoms with E-state index in [0.717, 1.165) is 15.8 Å². The molecule has 0 aliphatic heterocycles. The van der Waals surface area contributed by atoms with Gasteiger partial charge in [-0.15, -0.1) is 0 Å². The highest BCUT2D eigenvalue weighted by molar-refractivity contribution is 5.95. The fraction of sp³-hybridized carbons (Fsp3) is 0.692. The number of aromatic nitrogens is 2. The molecule has 1 atom stereocenters. The predicted octanol–water partition coefficient (Wildman–Crippen LogP) is 2.33. The molecule has 0 aromatic carbocycles. The molecule has 120 valence electrons. The second kappa shape index (κ2) is 6.46. The van der Waals surface area contributed by atoms with Gasteiger partial charge in [0.1, 0.15) is 0 Å². The Hall–Kier alpha value is -1.57. The summed E-state index contributed by atoms with van der Waals surface area (Å²) in [5, 5.41) is 12.9. The quantitative estimate of drug-likeness (QED) is 0.908. The van der Waals surface area contributed by atoms with E-state index in [1.165, 1.54) is 7.05 Å². The second-order valence-electron chi connectivity index (χ2n) is 5.31. The average Bonchev–Trinajstić information content (AvgIpc) is 2.79. The van der Waals surface area contributed by atoms with Crippen LogP contribution >= 0.6 is 0 Å². The number of amides is 1. The third-order valence-corrected chi connectivity index (χ3v) is 3.01. The van der Waals surface area contributed by atoms with Crippen LogP contribution < -0.4 is 0 Å². The van der Waals surface area contributed by atoms with Gasteiger partial charge in [-0.1, -0.05) is 0 Å². The highest BCUT2D eigenvalue weighted by Gasteiger charge is 2.41. The van der Waals surface area contributed by atoms with Gasteiger partial charge in [-0.3, -0.25) is 9.48 Å². The Labute approximate surface area is 121 Å². The Morgan fingerprint density at radius 3 is 2.43 bits per heavy atom. The van der Waals surface area contributed by atoms with Gasteiger partial charge in [-0.2, -0.15) is 18.3 Å². The van der Waals surface area contributed by atoms with Gasteiger partial charge in [-0.25, -0.2) is 0 Å². The second-order valence-corrected chi connectivity index (χ2v) is 5.31. The van der Waals surface area contributed by atoms with Gasteiger partial charge < -0.3 is 10.0 Å². The third kappa shape index (κ3) is 4.20. The third-order valence-electron chi connectivity index (χ3n) is 3.01. The average molecular weight is 307 g/mol. The van der Waals surface area contributed by atoms with Gasteiger partial charge in [0, 0.05) is 19.6 Å². The first-order valence-corrected chi connectivity index (χ1v) is 6.64. The first kappa shape index (κ1) is 17.5. The molecular weight excluding hydrogens is 287 g/mol. The van der Waals surface area contributed by atoms with Crippen molar-refractivity contribution in [1.29, 1.82) is 0 Å². The van der Waals surface area contributed by atoms with Crippen molar-refractivity contribution < 1.29 is 23.1 Å². The lowest BCUT2D eigenvalue weighted by Gasteiger charge is -2.19. The van der Waals surface area contributed by atoms with Gasteiger partial charge in [-0.05, 0) is 27.2 Å². The number of aliphatic hydroxyl groups is 1. The van der Waals surface area contributed by atoms with Crippen molar-refractivity contribution in [2.24, 2.45) is 0 Å². The molecule has 0 saturated heterocycles. The summed E-state index contributed by atoms with van der Waals surface area (Å²) >= 11 is 0. The summed E-state index contributed by atoms with van der Waals surface area (Å²) in [6.45, 7) is 4.85. The van der Waals surface area contributed by atoms with E-state index in [4.69, 9.17) is 0 Å². The van der Waals surface area contributed by atoms with E-state index in [9.17, 15) is 23.1 Å². The molecule has 0 bridgehead atoms. The largest absolute Gasteiger partial charge is 0.433 e. The Balaban J connectivity index is 3.10. The van der Waals surface area contributed by atoms with E-state index in [2.05, 4.69) is 5.10 Å². The molecular formula is C13H20F3N3O2. The number of carbonyl (C=O) groups excluding carboxylic acids is 1. The minimum absolute atomic E-state index is 0.167. The molecule has 1 aromatic heterocycles. The molecule has 0 saturated carbocycles. The fourth-order valence-electron chi connectivity index (χ4n) is 1.88. The molecule has 8 heteroatoms. The topological polar surface area (TPSA) is 58.4 Å². The zero-order chi connectivity index (χ0) is 16.4. The minimum atomic E-state index is -4.66. The first-order valence-electron chi connectivity index (χ1n) is 6.64. The number of alkyl halides is 3. The molecule has 1 aromatic rings. The Kier molecular flexibility index (Phi) is 5.38. The van der Waals surface area contributed by atoms with Crippen LogP contribution in [-0.4, -0.2) is 45.4 Å². The number of nitrogens with zero attached hydrogens (tertiary/aromatic N) is 3. The van der Waals surface area contributed by atoms with Crippen LogP contribution in [0.2, 0.25) is 0 Å². The fourth-order valence-corrected chi connectivity index (χ4v) is 1.88. The molecule has 1 N–H and O–H groups in total. The van der Waals surface area contributed by atoms with Crippen LogP contribution in [0.25, 0.3) is 0 Å². The monoisotopic (exact) mass is 307 g/mol. The van der Waals surface area contributed by atoms with Crippen molar-refractivity contribution in [3.8, 4) is 0 Å². The standard InChI is InChI=1S/C13H20F3N3O2/c1-8(2)19-11(13(14,15)16)10(7-17-19)12(21)18(4)6-5-9(3)20/h7-9,20H,5-6H2,1-4H3. The first-order chi connectivity index (χ1) is 9.55. The minimum Gasteiger partial charge on any atom is -0.393 e. The van der Waals surface area contributed by atoms with Crippen molar-refractivity contribution in [2.45, 2.75) is 45.5 Å². The normalized spacial score (nSPS) is 13.6. The maximum atomic E-state index is 13.2. The summed E-state index contributed by atoms with van der Waals surface area (Å²) in [7, 11) is 1.40. The summed E-state index contributed by atoms with van der Waals surface area (Å²) in [4.78, 5) is 13.3. The SMILES string of the molecule is CC(O)CCN(C)C(=O)c1cnn(C(C)C)c1C(F)(F)F. The van der Waals surface area contributed by atoms with Crippen LogP contribution in [-0.2, 0) is 6.18 Å². The van der Waals surface area contributed by atoms with Gasteiger partial charge in [0.05, 0.1) is 17.9 Å². The van der Waals surface area contributed by atoms with Gasteiger partial charge >= 0.3 is 6.18 Å². The highest BCUT2D eigenvalue weighted by atomic mass is 19.4. The van der Waals surface area contributed by atoms with Crippen molar-refractivity contribution >= 4 is 5.91 Å². The lowest BCUT2D eigenvalue weighted by molar-refractivity contribution is -0.145. The van der Waals surface area contributed by atoms with Gasteiger partial charge in [0.2, 0.25) is 0 Å². The van der Waals surface area contributed by atoms with Crippen LogP contribution in [0.3, 0.4) is 0 Å². The molecule has 21 heavy (non-hydrogen) atoms. The zero-order valence-electron chi connectivity index (χ0n) is 12.5. The van der Waals surface area contributed by atoms with Crippen LogP contribution in [0.15, 0.2) is 6.20 Å². The molecule has 0 aliphatic rings. The highest BCUT2D eigenvalue weighted by Crippen LogP contribution is 2.34. The zero-order valence-corrected chi connectivity index (χ0v) is 12.5. The van der Waals surface area contributed by atoms with E-state index >= 15 is 0 Å². The number of halogens is 3. The van der Waals surface area contributed by atoms with Crippen molar-refractivity contribution in [3.05, 3.63) is 17.5 Å². The lowest BCUT2D eigenvalue weighted by atomic mass is 10.2. The number of rotatable bonds is 5. The van der Waals surface area contributed by atoms with Crippen molar-refractivity contribution in [3.63, 3.8) is 0 Å². The Morgan fingerprint density at radius 2 is 2.00 bits per heavy atom. The van der Waals surface area contributed by atoms with Crippen LogP contribution in [0, 0.1) is 0 Å². The summed E-state index contributed by atoms with van der Waals surface area (Å²) in [6.07, 6.45) is -4.04. The van der Waals surface area contributed by atoms with Crippen LogP contribution in [0.1, 0.15) is 49.3 Å². The molecule has 1 unspecified atom stereocenters. The molecule has 0 fully saturated rings. The molecule has 0 aliphatic carbocycles. The van der Waals surface area contributed by atoms with E-state index in [1.807, 2.05) is 0 Å². The van der Waals surface area contributed by atoms with Crippen LogP contribution in [0.4, 0.5) is 13.2 Å². The maximum Gasteiger partial charge on any atom is 0.433 e. The van der Waals surface area contributed by atoms with E-state index in [-0.39, 0.29) is 6.54 Å². The molecule has 5 nitrogen and oxygen atoms in total. The van der Waals surface area contributed by atoms with E-state index in [0.29, 0.717) is 6.42 Å². The van der Waals surface area contributed by atoms with Gasteiger partial charge in [0.15, 0.2) is 5.69 Å².